The molecule has 0 saturated carbocycles. The summed E-state index contributed by atoms with van der Waals surface area (Å²) in [4.78, 5) is 10.0. The van der Waals surface area contributed by atoms with Crippen molar-refractivity contribution in [1.82, 2.24) is 0 Å². The van der Waals surface area contributed by atoms with E-state index in [2.05, 4.69) is 0 Å². The molecule has 3 nitrogen and oxygen atoms in total. The average molecular weight is 172 g/mol. The van der Waals surface area contributed by atoms with Gasteiger partial charge in [0, 0.05) is 5.92 Å². The monoisotopic (exact) mass is 171 g/mol. The Morgan fingerprint density at radius 3 is 2.30 bits per heavy atom. The third kappa shape index (κ3) is 3.63. The highest BCUT2D eigenvalue weighted by atomic mass is 35.5. The third-order valence-corrected chi connectivity index (χ3v) is 1.14. The largest absolute Gasteiger partial charge is 0.480 e. The van der Waals surface area contributed by atoms with Crippen LogP contribution in [0.25, 0.3) is 0 Å². The third-order valence-electron chi connectivity index (χ3n) is 1.14. The van der Waals surface area contributed by atoms with Gasteiger partial charge in [-0.3, -0.25) is 9.18 Å². The maximum absolute atomic E-state index is 11.7. The molecule has 10 heavy (non-hydrogen) atoms. The fraction of sp³-hybridized carbons (Fsp3) is 0.800. The fourth-order valence-corrected chi connectivity index (χ4v) is 0.339. The van der Waals surface area contributed by atoms with E-state index < -0.39 is 24.6 Å². The second-order valence-corrected chi connectivity index (χ2v) is 2.00. The van der Waals surface area contributed by atoms with Crippen LogP contribution in [0.1, 0.15) is 6.92 Å². The van der Waals surface area contributed by atoms with Gasteiger partial charge in [-0.05, 0) is 0 Å². The normalized spacial score (nSPS) is 15.1. The zero-order valence-corrected chi connectivity index (χ0v) is 6.40. The van der Waals surface area contributed by atoms with Crippen LogP contribution in [0.4, 0.5) is 4.39 Å². The molecule has 1 unspecified atom stereocenters. The molecule has 0 fully saturated rings. The lowest BCUT2D eigenvalue weighted by molar-refractivity contribution is -0.139. The van der Waals surface area contributed by atoms with Gasteiger partial charge in [0.25, 0.3) is 0 Å². The Morgan fingerprint density at radius 1 is 1.80 bits per heavy atom. The van der Waals surface area contributed by atoms with Crippen LogP contribution in [0, 0.1) is 5.92 Å². The van der Waals surface area contributed by atoms with Crippen LogP contribution in [0.2, 0.25) is 0 Å². The van der Waals surface area contributed by atoms with Crippen molar-refractivity contribution < 1.29 is 14.3 Å². The zero-order chi connectivity index (χ0) is 7.44. The van der Waals surface area contributed by atoms with E-state index in [-0.39, 0.29) is 12.4 Å². The summed E-state index contributed by atoms with van der Waals surface area (Å²) >= 11 is 0. The average Bonchev–Trinajstić information content (AvgIpc) is 1.84. The molecule has 0 spiro atoms. The maximum atomic E-state index is 11.7. The number of alkyl halides is 1. The van der Waals surface area contributed by atoms with Crippen molar-refractivity contribution in [1.29, 1.82) is 0 Å². The van der Waals surface area contributed by atoms with Crippen molar-refractivity contribution in [3.05, 3.63) is 0 Å². The second-order valence-electron chi connectivity index (χ2n) is 2.00. The van der Waals surface area contributed by atoms with Crippen LogP contribution >= 0.6 is 12.4 Å². The summed E-state index contributed by atoms with van der Waals surface area (Å²) in [5, 5.41) is 8.19. The van der Waals surface area contributed by atoms with E-state index in [0.29, 0.717) is 0 Å². The van der Waals surface area contributed by atoms with Crippen molar-refractivity contribution in [3.63, 3.8) is 0 Å². The van der Waals surface area contributed by atoms with E-state index in [1.54, 1.807) is 0 Å². The molecule has 62 valence electrons. The first-order valence-corrected chi connectivity index (χ1v) is 2.64. The van der Waals surface area contributed by atoms with E-state index in [1.165, 1.54) is 6.92 Å². The van der Waals surface area contributed by atoms with E-state index in [4.69, 9.17) is 10.8 Å². The van der Waals surface area contributed by atoms with Crippen LogP contribution in [-0.4, -0.2) is 23.8 Å². The second kappa shape index (κ2) is 5.44. The molecular formula is C5H11ClFNO2. The Hall–Kier alpha value is -0.350. The number of carboxylic acids is 1. The van der Waals surface area contributed by atoms with E-state index in [9.17, 15) is 9.18 Å². The Morgan fingerprint density at radius 2 is 2.20 bits per heavy atom. The van der Waals surface area contributed by atoms with Crippen LogP contribution in [0.3, 0.4) is 0 Å². The number of aliphatic carboxylic acids is 1. The summed E-state index contributed by atoms with van der Waals surface area (Å²) in [6, 6.07) is -1.07. The van der Waals surface area contributed by atoms with Gasteiger partial charge in [0.1, 0.15) is 6.04 Å². The first-order chi connectivity index (χ1) is 4.09. The zero-order valence-electron chi connectivity index (χ0n) is 5.58. The lowest BCUT2D eigenvalue weighted by Crippen LogP contribution is -2.37. The fourth-order valence-electron chi connectivity index (χ4n) is 0.339. The Balaban J connectivity index is 0. The van der Waals surface area contributed by atoms with Gasteiger partial charge >= 0.3 is 5.97 Å². The minimum absolute atomic E-state index is 0. The Kier molecular flexibility index (Phi) is 6.71. The van der Waals surface area contributed by atoms with Gasteiger partial charge in [-0.2, -0.15) is 0 Å². The first kappa shape index (κ1) is 12.3. The number of hydrogen-bond donors (Lipinski definition) is 2. The predicted molar refractivity (Wildman–Crippen MR) is 38.0 cm³/mol. The molecule has 3 N–H and O–H groups in total. The van der Waals surface area contributed by atoms with Gasteiger partial charge < -0.3 is 10.8 Å². The van der Waals surface area contributed by atoms with Crippen LogP contribution in [0.15, 0.2) is 0 Å². The summed E-state index contributed by atoms with van der Waals surface area (Å²) in [6.07, 6.45) is 0. The van der Waals surface area contributed by atoms with Gasteiger partial charge in [-0.1, -0.05) is 6.92 Å². The Bertz CT molecular complexity index is 112. The Labute approximate surface area is 64.8 Å². The van der Waals surface area contributed by atoms with E-state index in [1.807, 2.05) is 0 Å². The lowest BCUT2D eigenvalue weighted by atomic mass is 10.1. The highest BCUT2D eigenvalue weighted by molar-refractivity contribution is 5.85. The maximum Gasteiger partial charge on any atom is 0.320 e. The molecular weight excluding hydrogens is 161 g/mol. The number of halogens is 2. The highest BCUT2D eigenvalue weighted by Gasteiger charge is 2.18. The summed E-state index contributed by atoms with van der Waals surface area (Å²) in [5.41, 5.74) is 5.03. The smallest absolute Gasteiger partial charge is 0.320 e. The summed E-state index contributed by atoms with van der Waals surface area (Å²) in [6.45, 7) is 0.770. The van der Waals surface area contributed by atoms with Gasteiger partial charge in [-0.25, -0.2) is 0 Å². The summed E-state index contributed by atoms with van der Waals surface area (Å²) in [5.74, 6) is -1.75. The molecule has 0 bridgehead atoms. The molecule has 0 amide bonds. The SMILES string of the molecule is CC(CF)[C@@H](N)C(=O)O.Cl. The molecule has 0 aromatic rings. The standard InChI is InChI=1S/C5H10FNO2.ClH/c1-3(2-6)4(7)5(8)9;/h3-4H,2,7H2,1H3,(H,8,9);1H/t3?,4-;/m1./s1. The topological polar surface area (TPSA) is 63.3 Å². The number of hydrogen-bond acceptors (Lipinski definition) is 2. The van der Waals surface area contributed by atoms with Gasteiger partial charge in [0.2, 0.25) is 0 Å². The first-order valence-electron chi connectivity index (χ1n) is 2.64. The van der Waals surface area contributed by atoms with Gasteiger partial charge in [0.05, 0.1) is 6.67 Å². The minimum Gasteiger partial charge on any atom is -0.480 e. The molecule has 0 aliphatic rings. The number of carbonyl (C=O) groups is 1. The molecule has 0 aliphatic heterocycles. The summed E-state index contributed by atoms with van der Waals surface area (Å²) in [7, 11) is 0. The minimum atomic E-state index is -1.15. The van der Waals surface area contributed by atoms with Crippen molar-refractivity contribution >= 4 is 18.4 Å². The molecule has 0 saturated heterocycles. The van der Waals surface area contributed by atoms with Crippen LogP contribution < -0.4 is 5.73 Å². The number of nitrogens with two attached hydrogens (primary N) is 1. The van der Waals surface area contributed by atoms with Crippen molar-refractivity contribution in [2.24, 2.45) is 11.7 Å². The number of carboxylic acid groups (broad SMARTS) is 1. The van der Waals surface area contributed by atoms with Crippen molar-refractivity contribution in [2.75, 3.05) is 6.67 Å². The van der Waals surface area contributed by atoms with Crippen molar-refractivity contribution in [2.45, 2.75) is 13.0 Å². The molecule has 0 aromatic heterocycles. The highest BCUT2D eigenvalue weighted by Crippen LogP contribution is 2.00. The predicted octanol–water partition coefficient (Wildman–Crippen LogP) is 0.426. The van der Waals surface area contributed by atoms with E-state index in [0.717, 1.165) is 0 Å². The molecule has 0 radical (unpaired) electrons. The molecule has 0 heterocycles. The summed E-state index contributed by atoms with van der Waals surface area (Å²) < 4.78 is 11.7. The molecule has 0 rings (SSSR count). The molecule has 2 atom stereocenters. The van der Waals surface area contributed by atoms with Crippen molar-refractivity contribution in [3.8, 4) is 0 Å². The van der Waals surface area contributed by atoms with Gasteiger partial charge in [0.15, 0.2) is 0 Å². The van der Waals surface area contributed by atoms with Gasteiger partial charge in [-0.15, -0.1) is 12.4 Å². The quantitative estimate of drug-likeness (QED) is 0.647. The molecule has 0 aliphatic carbocycles. The van der Waals surface area contributed by atoms with E-state index >= 15 is 0 Å². The molecule has 0 aromatic carbocycles. The number of rotatable bonds is 3. The lowest BCUT2D eigenvalue weighted by Gasteiger charge is -2.10. The molecule has 5 heteroatoms. The van der Waals surface area contributed by atoms with Crippen LogP contribution in [-0.2, 0) is 4.79 Å². The van der Waals surface area contributed by atoms with Crippen LogP contribution in [0.5, 0.6) is 0 Å².